The molecule has 4 nitrogen and oxygen atoms in total. The Balaban J connectivity index is 2.38. The van der Waals surface area contributed by atoms with Gasteiger partial charge in [-0.25, -0.2) is 4.98 Å². The van der Waals surface area contributed by atoms with Crippen LogP contribution in [0.5, 0.6) is 11.6 Å². The average Bonchev–Trinajstić information content (AvgIpc) is 2.22. The first-order valence-corrected chi connectivity index (χ1v) is 5.41. The number of nitrogen functional groups attached to an aromatic ring is 1. The molecule has 0 saturated heterocycles. The number of anilines is 1. The number of aryl methyl sites for hydroxylation is 3. The normalized spacial score (nSPS) is 10.3. The van der Waals surface area contributed by atoms with Crippen molar-refractivity contribution < 1.29 is 4.74 Å². The molecule has 0 bridgehead atoms. The summed E-state index contributed by atoms with van der Waals surface area (Å²) in [5, 5.41) is 0. The first-order valence-electron chi connectivity index (χ1n) is 5.41. The van der Waals surface area contributed by atoms with Crippen molar-refractivity contribution in [2.45, 2.75) is 20.8 Å². The van der Waals surface area contributed by atoms with Crippen LogP contribution < -0.4 is 10.5 Å². The Bertz CT molecular complexity index is 512. The van der Waals surface area contributed by atoms with Crippen LogP contribution in [0.1, 0.15) is 17.1 Å². The average molecular weight is 229 g/mol. The second-order valence-electron chi connectivity index (χ2n) is 3.99. The van der Waals surface area contributed by atoms with Crippen LogP contribution in [0, 0.1) is 20.8 Å². The summed E-state index contributed by atoms with van der Waals surface area (Å²) in [5.74, 6) is 1.87. The number of benzene rings is 1. The molecule has 0 spiro atoms. The molecule has 2 N–H and O–H groups in total. The number of nitrogens with zero attached hydrogens (tertiary/aromatic N) is 2. The minimum absolute atomic E-state index is 0.524. The highest BCUT2D eigenvalue weighted by molar-refractivity contribution is 5.57. The molecule has 0 unspecified atom stereocenters. The summed E-state index contributed by atoms with van der Waals surface area (Å²) in [7, 11) is 0. The molecule has 1 heterocycles. The predicted molar refractivity (Wildman–Crippen MR) is 67.2 cm³/mol. The lowest BCUT2D eigenvalue weighted by atomic mass is 10.2. The molecule has 17 heavy (non-hydrogen) atoms. The Morgan fingerprint density at radius 3 is 2.53 bits per heavy atom. The molecule has 1 aromatic heterocycles. The summed E-state index contributed by atoms with van der Waals surface area (Å²) in [6, 6.07) is 7.45. The number of hydrogen-bond acceptors (Lipinski definition) is 4. The highest BCUT2D eigenvalue weighted by Crippen LogP contribution is 2.29. The van der Waals surface area contributed by atoms with Crippen molar-refractivity contribution in [1.29, 1.82) is 0 Å². The fourth-order valence-electron chi connectivity index (χ4n) is 1.65. The van der Waals surface area contributed by atoms with Gasteiger partial charge in [-0.3, -0.25) is 0 Å². The molecule has 0 saturated carbocycles. The number of aromatic nitrogens is 2. The second-order valence-corrected chi connectivity index (χ2v) is 3.99. The molecule has 1 aromatic carbocycles. The van der Waals surface area contributed by atoms with Gasteiger partial charge in [0.15, 0.2) is 5.75 Å². The molecule has 2 aromatic rings. The Kier molecular flexibility index (Phi) is 2.95. The lowest BCUT2D eigenvalue weighted by Gasteiger charge is -2.10. The maximum atomic E-state index is 5.88. The van der Waals surface area contributed by atoms with Crippen LogP contribution in [0.4, 0.5) is 5.69 Å². The van der Waals surface area contributed by atoms with E-state index < -0.39 is 0 Å². The van der Waals surface area contributed by atoms with E-state index in [1.54, 1.807) is 6.07 Å². The van der Waals surface area contributed by atoms with Gasteiger partial charge in [0.2, 0.25) is 5.88 Å². The zero-order valence-corrected chi connectivity index (χ0v) is 10.2. The monoisotopic (exact) mass is 229 g/mol. The first-order chi connectivity index (χ1) is 8.06. The van der Waals surface area contributed by atoms with Crippen molar-refractivity contribution >= 4 is 5.69 Å². The van der Waals surface area contributed by atoms with Gasteiger partial charge in [-0.05, 0) is 32.4 Å². The number of nitrogens with two attached hydrogens (primary N) is 1. The third-order valence-corrected chi connectivity index (χ3v) is 2.39. The minimum Gasteiger partial charge on any atom is -0.436 e. The van der Waals surface area contributed by atoms with Gasteiger partial charge in [0, 0.05) is 11.8 Å². The van der Waals surface area contributed by atoms with E-state index in [1.165, 1.54) is 0 Å². The van der Waals surface area contributed by atoms with Crippen molar-refractivity contribution in [3.05, 3.63) is 41.3 Å². The molecule has 0 atom stereocenters. The Hall–Kier alpha value is -2.10. The van der Waals surface area contributed by atoms with E-state index in [1.807, 2.05) is 39.0 Å². The molecule has 0 radical (unpaired) electrons. The predicted octanol–water partition coefficient (Wildman–Crippen LogP) is 2.78. The number of rotatable bonds is 2. The highest BCUT2D eigenvalue weighted by atomic mass is 16.5. The van der Waals surface area contributed by atoms with E-state index in [0.717, 1.165) is 11.3 Å². The molecule has 0 aliphatic carbocycles. The van der Waals surface area contributed by atoms with Crippen molar-refractivity contribution in [3.63, 3.8) is 0 Å². The standard InChI is InChI=1S/C13H15N3O/c1-8-5-4-6-11(14)13(8)17-12-7-9(2)15-10(3)16-12/h4-7H,14H2,1-3H3. The van der Waals surface area contributed by atoms with Gasteiger partial charge in [-0.1, -0.05) is 12.1 Å². The van der Waals surface area contributed by atoms with Crippen LogP contribution in [0.15, 0.2) is 24.3 Å². The summed E-state index contributed by atoms with van der Waals surface area (Å²) in [6.45, 7) is 5.69. The van der Waals surface area contributed by atoms with Crippen LogP contribution in [-0.2, 0) is 0 Å². The van der Waals surface area contributed by atoms with Gasteiger partial charge >= 0.3 is 0 Å². The van der Waals surface area contributed by atoms with Gasteiger partial charge in [0.25, 0.3) is 0 Å². The van der Waals surface area contributed by atoms with E-state index in [0.29, 0.717) is 23.1 Å². The van der Waals surface area contributed by atoms with E-state index in [4.69, 9.17) is 10.5 Å². The molecule has 2 rings (SSSR count). The molecule has 0 fully saturated rings. The smallest absolute Gasteiger partial charge is 0.222 e. The summed E-state index contributed by atoms with van der Waals surface area (Å²) < 4.78 is 5.73. The van der Waals surface area contributed by atoms with Gasteiger partial charge < -0.3 is 10.5 Å². The Labute approximate surface area is 100 Å². The second kappa shape index (κ2) is 4.41. The van der Waals surface area contributed by atoms with Crippen LogP contribution in [0.3, 0.4) is 0 Å². The van der Waals surface area contributed by atoms with Crippen LogP contribution in [0.25, 0.3) is 0 Å². The van der Waals surface area contributed by atoms with Gasteiger partial charge in [-0.2, -0.15) is 4.98 Å². The Morgan fingerprint density at radius 2 is 1.88 bits per heavy atom. The van der Waals surface area contributed by atoms with Gasteiger partial charge in [0.05, 0.1) is 5.69 Å². The van der Waals surface area contributed by atoms with Crippen LogP contribution in [-0.4, -0.2) is 9.97 Å². The molecule has 0 aliphatic heterocycles. The van der Waals surface area contributed by atoms with E-state index in [2.05, 4.69) is 9.97 Å². The number of para-hydroxylation sites is 1. The van der Waals surface area contributed by atoms with Crippen LogP contribution >= 0.6 is 0 Å². The minimum atomic E-state index is 0.524. The summed E-state index contributed by atoms with van der Waals surface area (Å²) in [4.78, 5) is 8.42. The summed E-state index contributed by atoms with van der Waals surface area (Å²) in [6.07, 6.45) is 0. The van der Waals surface area contributed by atoms with Crippen molar-refractivity contribution in [3.8, 4) is 11.6 Å². The third-order valence-electron chi connectivity index (χ3n) is 2.39. The molecular weight excluding hydrogens is 214 g/mol. The molecule has 0 amide bonds. The van der Waals surface area contributed by atoms with Gasteiger partial charge in [-0.15, -0.1) is 0 Å². The van der Waals surface area contributed by atoms with Crippen molar-refractivity contribution in [1.82, 2.24) is 9.97 Å². The maximum absolute atomic E-state index is 5.88. The Morgan fingerprint density at radius 1 is 1.12 bits per heavy atom. The van der Waals surface area contributed by atoms with Crippen molar-refractivity contribution in [2.24, 2.45) is 0 Å². The first kappa shape index (κ1) is 11.4. The number of ether oxygens (including phenoxy) is 1. The SMILES string of the molecule is Cc1cc(Oc2c(C)cccc2N)nc(C)n1. The summed E-state index contributed by atoms with van der Waals surface area (Å²) >= 11 is 0. The van der Waals surface area contributed by atoms with Crippen LogP contribution in [0.2, 0.25) is 0 Å². The highest BCUT2D eigenvalue weighted by Gasteiger charge is 2.07. The molecule has 0 aliphatic rings. The van der Waals surface area contributed by atoms with Crippen molar-refractivity contribution in [2.75, 3.05) is 5.73 Å². The zero-order chi connectivity index (χ0) is 12.4. The van der Waals surface area contributed by atoms with E-state index >= 15 is 0 Å². The van der Waals surface area contributed by atoms with E-state index in [-0.39, 0.29) is 0 Å². The molecule has 88 valence electrons. The zero-order valence-electron chi connectivity index (χ0n) is 10.2. The lowest BCUT2D eigenvalue weighted by molar-refractivity contribution is 0.458. The quantitative estimate of drug-likeness (QED) is 0.804. The molecular formula is C13H15N3O. The maximum Gasteiger partial charge on any atom is 0.222 e. The van der Waals surface area contributed by atoms with Gasteiger partial charge in [0.1, 0.15) is 5.82 Å². The largest absolute Gasteiger partial charge is 0.436 e. The topological polar surface area (TPSA) is 61.0 Å². The fourth-order valence-corrected chi connectivity index (χ4v) is 1.65. The lowest BCUT2D eigenvalue weighted by Crippen LogP contribution is -1.98. The fraction of sp³-hybridized carbons (Fsp3) is 0.231. The number of hydrogen-bond donors (Lipinski definition) is 1. The summed E-state index contributed by atoms with van der Waals surface area (Å²) in [5.41, 5.74) is 8.35. The van der Waals surface area contributed by atoms with E-state index in [9.17, 15) is 0 Å². The molecule has 4 heteroatoms. The third kappa shape index (κ3) is 2.53.